The second-order valence-electron chi connectivity index (χ2n) is 5.54. The number of piperidine rings is 1. The van der Waals surface area contributed by atoms with Gasteiger partial charge in [0.05, 0.1) is 0 Å². The van der Waals surface area contributed by atoms with Crippen LogP contribution in [0, 0.1) is 5.92 Å². The Balaban J connectivity index is 1.53. The molecule has 0 amide bonds. The first-order valence-electron chi connectivity index (χ1n) is 6.38. The van der Waals surface area contributed by atoms with Crippen LogP contribution in [0.25, 0.3) is 0 Å². The van der Waals surface area contributed by atoms with Gasteiger partial charge in [0.2, 0.25) is 0 Å². The van der Waals surface area contributed by atoms with Gasteiger partial charge in [0.15, 0.2) is 5.71 Å². The molecule has 5 nitrogen and oxygen atoms in total. The summed E-state index contributed by atoms with van der Waals surface area (Å²) >= 11 is 0. The molecule has 0 unspecified atom stereocenters. The standard InChI is InChI=1S/C12H18N2O3/c15-11(16)10-7-12(17-13-10)3-5-14(6-4-12)8-9-1-2-9/h9H,1-8H2,(H,15,16). The lowest BCUT2D eigenvalue weighted by Gasteiger charge is -2.37. The number of carboxylic acids is 1. The van der Waals surface area contributed by atoms with Crippen LogP contribution in [-0.2, 0) is 9.63 Å². The molecule has 3 aliphatic rings. The average molecular weight is 238 g/mol. The Morgan fingerprint density at radius 1 is 1.47 bits per heavy atom. The number of likely N-dealkylation sites (tertiary alicyclic amines) is 1. The highest BCUT2D eigenvalue weighted by Crippen LogP contribution is 2.36. The number of hydrogen-bond acceptors (Lipinski definition) is 4. The lowest BCUT2D eigenvalue weighted by Crippen LogP contribution is -2.45. The van der Waals surface area contributed by atoms with E-state index < -0.39 is 5.97 Å². The summed E-state index contributed by atoms with van der Waals surface area (Å²) in [7, 11) is 0. The van der Waals surface area contributed by atoms with E-state index in [4.69, 9.17) is 9.94 Å². The van der Waals surface area contributed by atoms with E-state index in [9.17, 15) is 4.79 Å². The molecule has 0 aromatic carbocycles. The molecule has 1 spiro atoms. The van der Waals surface area contributed by atoms with Crippen LogP contribution < -0.4 is 0 Å². The lowest BCUT2D eigenvalue weighted by molar-refractivity contribution is -0.129. The second-order valence-corrected chi connectivity index (χ2v) is 5.54. The Morgan fingerprint density at radius 2 is 2.18 bits per heavy atom. The first-order chi connectivity index (χ1) is 8.17. The van der Waals surface area contributed by atoms with E-state index in [1.165, 1.54) is 19.4 Å². The predicted octanol–water partition coefficient (Wildman–Crippen LogP) is 1.09. The van der Waals surface area contributed by atoms with Crippen molar-refractivity contribution < 1.29 is 14.7 Å². The van der Waals surface area contributed by atoms with Crippen molar-refractivity contribution in [1.29, 1.82) is 0 Å². The summed E-state index contributed by atoms with van der Waals surface area (Å²) in [5.74, 6) is -0.0262. The maximum absolute atomic E-state index is 10.8. The number of nitrogens with zero attached hydrogens (tertiary/aromatic N) is 2. The fraction of sp³-hybridized carbons (Fsp3) is 0.833. The maximum atomic E-state index is 10.8. The molecular formula is C12H18N2O3. The van der Waals surface area contributed by atoms with E-state index in [0.29, 0.717) is 6.42 Å². The first kappa shape index (κ1) is 11.0. The Morgan fingerprint density at radius 3 is 2.71 bits per heavy atom. The molecule has 0 bridgehead atoms. The van der Waals surface area contributed by atoms with Crippen molar-refractivity contribution in [2.24, 2.45) is 11.1 Å². The van der Waals surface area contributed by atoms with Gasteiger partial charge in [0, 0.05) is 38.9 Å². The quantitative estimate of drug-likeness (QED) is 0.799. The van der Waals surface area contributed by atoms with Gasteiger partial charge >= 0.3 is 5.97 Å². The van der Waals surface area contributed by atoms with Gasteiger partial charge < -0.3 is 14.8 Å². The minimum absolute atomic E-state index is 0.181. The molecule has 2 fully saturated rings. The van der Waals surface area contributed by atoms with Crippen molar-refractivity contribution in [3.8, 4) is 0 Å². The smallest absolute Gasteiger partial charge is 0.353 e. The number of carboxylic acid groups (broad SMARTS) is 1. The van der Waals surface area contributed by atoms with Gasteiger partial charge in [0.25, 0.3) is 0 Å². The monoisotopic (exact) mass is 238 g/mol. The fourth-order valence-electron chi connectivity index (χ4n) is 2.71. The third kappa shape index (κ3) is 2.29. The highest BCUT2D eigenvalue weighted by atomic mass is 16.7. The van der Waals surface area contributed by atoms with E-state index in [1.807, 2.05) is 0 Å². The molecule has 0 aromatic heterocycles. The van der Waals surface area contributed by atoms with Gasteiger partial charge in [-0.1, -0.05) is 5.16 Å². The van der Waals surface area contributed by atoms with Crippen LogP contribution in [-0.4, -0.2) is 46.9 Å². The summed E-state index contributed by atoms with van der Waals surface area (Å²) in [4.78, 5) is 18.7. The Labute approximate surface area is 100 Å². The van der Waals surface area contributed by atoms with Gasteiger partial charge in [-0.15, -0.1) is 0 Å². The van der Waals surface area contributed by atoms with Crippen molar-refractivity contribution in [2.75, 3.05) is 19.6 Å². The topological polar surface area (TPSA) is 62.1 Å². The molecule has 5 heteroatoms. The number of aliphatic carboxylic acids is 1. The molecule has 1 saturated carbocycles. The molecule has 2 heterocycles. The van der Waals surface area contributed by atoms with Crippen molar-refractivity contribution >= 4 is 11.7 Å². The first-order valence-corrected chi connectivity index (χ1v) is 6.38. The molecule has 1 N–H and O–H groups in total. The summed E-state index contributed by atoms with van der Waals surface area (Å²) in [6.07, 6.45) is 5.04. The van der Waals surface area contributed by atoms with Crippen LogP contribution in [0.5, 0.6) is 0 Å². The number of hydrogen-bond donors (Lipinski definition) is 1. The molecule has 2 aliphatic heterocycles. The maximum Gasteiger partial charge on any atom is 0.353 e. The zero-order valence-corrected chi connectivity index (χ0v) is 9.89. The van der Waals surface area contributed by atoms with E-state index in [1.54, 1.807) is 0 Å². The fourth-order valence-corrected chi connectivity index (χ4v) is 2.71. The van der Waals surface area contributed by atoms with Crippen molar-refractivity contribution in [2.45, 2.75) is 37.7 Å². The predicted molar refractivity (Wildman–Crippen MR) is 61.9 cm³/mol. The van der Waals surface area contributed by atoms with Gasteiger partial charge in [-0.05, 0) is 18.8 Å². The highest BCUT2D eigenvalue weighted by Gasteiger charge is 2.44. The summed E-state index contributed by atoms with van der Waals surface area (Å²) in [5.41, 5.74) is -0.131. The molecule has 1 saturated heterocycles. The van der Waals surface area contributed by atoms with Gasteiger partial charge in [-0.2, -0.15) is 0 Å². The molecule has 1 aliphatic carbocycles. The average Bonchev–Trinajstić information content (AvgIpc) is 3.03. The zero-order chi connectivity index (χ0) is 11.9. The summed E-state index contributed by atoms with van der Waals surface area (Å²) in [6, 6.07) is 0. The summed E-state index contributed by atoms with van der Waals surface area (Å²) in [6.45, 7) is 3.24. The molecule has 0 atom stereocenters. The van der Waals surface area contributed by atoms with Crippen LogP contribution in [0.15, 0.2) is 5.16 Å². The van der Waals surface area contributed by atoms with Crippen LogP contribution >= 0.6 is 0 Å². The Kier molecular flexibility index (Phi) is 2.58. The van der Waals surface area contributed by atoms with Crippen LogP contribution in [0.4, 0.5) is 0 Å². The minimum Gasteiger partial charge on any atom is -0.477 e. The molecule has 94 valence electrons. The summed E-state index contributed by atoms with van der Waals surface area (Å²) in [5, 5.41) is 12.6. The molecular weight excluding hydrogens is 220 g/mol. The number of rotatable bonds is 3. The van der Waals surface area contributed by atoms with Crippen LogP contribution in [0.2, 0.25) is 0 Å². The zero-order valence-electron chi connectivity index (χ0n) is 9.89. The molecule has 3 rings (SSSR count). The molecule has 0 radical (unpaired) electrons. The minimum atomic E-state index is -0.942. The molecule has 0 aromatic rings. The Bertz CT molecular complexity index is 355. The van der Waals surface area contributed by atoms with E-state index >= 15 is 0 Å². The number of carbonyl (C=O) groups is 1. The van der Waals surface area contributed by atoms with Gasteiger partial charge in [-0.3, -0.25) is 0 Å². The van der Waals surface area contributed by atoms with E-state index in [-0.39, 0.29) is 11.3 Å². The van der Waals surface area contributed by atoms with E-state index in [2.05, 4.69) is 10.1 Å². The third-order valence-electron chi connectivity index (χ3n) is 4.07. The largest absolute Gasteiger partial charge is 0.477 e. The molecule has 17 heavy (non-hydrogen) atoms. The normalized spacial score (nSPS) is 27.9. The second kappa shape index (κ2) is 3.98. The van der Waals surface area contributed by atoms with E-state index in [0.717, 1.165) is 31.8 Å². The third-order valence-corrected chi connectivity index (χ3v) is 4.07. The van der Waals surface area contributed by atoms with Crippen LogP contribution in [0.1, 0.15) is 32.1 Å². The van der Waals surface area contributed by atoms with Gasteiger partial charge in [-0.25, -0.2) is 4.79 Å². The lowest BCUT2D eigenvalue weighted by atomic mass is 9.87. The Hall–Kier alpha value is -1.10. The van der Waals surface area contributed by atoms with Crippen LogP contribution in [0.3, 0.4) is 0 Å². The highest BCUT2D eigenvalue weighted by molar-refractivity contribution is 6.36. The van der Waals surface area contributed by atoms with Crippen molar-refractivity contribution in [1.82, 2.24) is 4.90 Å². The van der Waals surface area contributed by atoms with Gasteiger partial charge in [0.1, 0.15) is 5.60 Å². The number of oxime groups is 1. The van der Waals surface area contributed by atoms with Crippen molar-refractivity contribution in [3.63, 3.8) is 0 Å². The SMILES string of the molecule is O=C(O)C1=NOC2(CCN(CC3CC3)CC2)C1. The summed E-state index contributed by atoms with van der Waals surface area (Å²) < 4.78 is 0. The van der Waals surface area contributed by atoms with Crippen molar-refractivity contribution in [3.05, 3.63) is 0 Å².